The third kappa shape index (κ3) is 2.29. The molecule has 0 amide bonds. The average Bonchev–Trinajstić information content (AvgIpc) is 2.27. The van der Waals surface area contributed by atoms with Crippen LogP contribution in [0.15, 0.2) is 18.2 Å². The van der Waals surface area contributed by atoms with Gasteiger partial charge in [-0.25, -0.2) is 0 Å². The second-order valence-electron chi connectivity index (χ2n) is 5.70. The minimum absolute atomic E-state index is 0.536. The lowest BCUT2D eigenvalue weighted by molar-refractivity contribution is 0.0657. The van der Waals surface area contributed by atoms with Gasteiger partial charge in [-0.3, -0.25) is 0 Å². The summed E-state index contributed by atoms with van der Waals surface area (Å²) < 4.78 is 11.9. The van der Waals surface area contributed by atoms with E-state index in [1.165, 1.54) is 0 Å². The van der Waals surface area contributed by atoms with Crippen LogP contribution >= 0.6 is 0 Å². The number of nitrogens with zero attached hydrogens (tertiary/aromatic N) is 1. The Bertz CT molecular complexity index is 501. The van der Waals surface area contributed by atoms with Crippen LogP contribution in [0.2, 0.25) is 19.6 Å². The molecule has 1 unspecified atom stereocenters. The smallest absolute Gasteiger partial charge is 0.186 e. The zero-order valence-electron chi connectivity index (χ0n) is 11.4. The third-order valence-electron chi connectivity index (χ3n) is 3.01. The number of ether oxygens (including phenoxy) is 1. The summed E-state index contributed by atoms with van der Waals surface area (Å²) in [5.74, 6) is 0.793. The molecule has 0 aromatic heterocycles. The molecule has 4 heteroatoms. The van der Waals surface area contributed by atoms with Gasteiger partial charge in [-0.15, -0.1) is 0 Å². The van der Waals surface area contributed by atoms with Crippen molar-refractivity contribution >= 4 is 8.32 Å². The predicted molar refractivity (Wildman–Crippen MR) is 73.0 cm³/mol. The minimum atomic E-state index is -1.81. The van der Waals surface area contributed by atoms with Crippen molar-refractivity contribution in [2.24, 2.45) is 0 Å². The van der Waals surface area contributed by atoms with Crippen LogP contribution in [0.25, 0.3) is 0 Å². The van der Waals surface area contributed by atoms with Crippen LogP contribution in [0.1, 0.15) is 17.5 Å². The molecule has 0 fully saturated rings. The maximum atomic E-state index is 9.67. The second kappa shape index (κ2) is 4.41. The van der Waals surface area contributed by atoms with E-state index in [-0.39, 0.29) is 0 Å². The number of rotatable bonds is 2. The van der Waals surface area contributed by atoms with E-state index in [1.807, 2.05) is 25.1 Å². The molecular formula is C14H19NO2Si. The molecule has 96 valence electrons. The fourth-order valence-corrected chi connectivity index (χ4v) is 3.76. The highest BCUT2D eigenvalue weighted by Crippen LogP contribution is 2.42. The van der Waals surface area contributed by atoms with Gasteiger partial charge in [0.15, 0.2) is 13.9 Å². The lowest BCUT2D eigenvalue weighted by Crippen LogP contribution is -2.43. The van der Waals surface area contributed by atoms with Gasteiger partial charge in [0.25, 0.3) is 0 Å². The molecule has 1 heterocycles. The Morgan fingerprint density at radius 1 is 1.39 bits per heavy atom. The van der Waals surface area contributed by atoms with Crippen molar-refractivity contribution in [1.29, 1.82) is 5.26 Å². The Balaban J connectivity index is 2.56. The number of benzene rings is 1. The number of nitriles is 1. The van der Waals surface area contributed by atoms with Crippen LogP contribution in [-0.4, -0.2) is 14.9 Å². The molecule has 0 bridgehead atoms. The first kappa shape index (κ1) is 13.1. The summed E-state index contributed by atoms with van der Waals surface area (Å²) in [5.41, 5.74) is 1.15. The van der Waals surface area contributed by atoms with Gasteiger partial charge in [0.1, 0.15) is 11.8 Å². The van der Waals surface area contributed by atoms with Gasteiger partial charge < -0.3 is 9.16 Å². The SMILES string of the molecule is Cc1cccc2c1C(C#N)(O[Si](C)(C)C)CCO2. The van der Waals surface area contributed by atoms with Gasteiger partial charge in [-0.1, -0.05) is 12.1 Å². The highest BCUT2D eigenvalue weighted by molar-refractivity contribution is 6.69. The highest BCUT2D eigenvalue weighted by atomic mass is 28.4. The minimum Gasteiger partial charge on any atom is -0.493 e. The summed E-state index contributed by atoms with van der Waals surface area (Å²) in [5, 5.41) is 9.67. The standard InChI is InChI=1S/C14H19NO2Si/c1-11-6-5-7-12-13(11)14(10-15,8-9-16-12)17-18(2,3)4/h5-7H,8-9H2,1-4H3. The molecule has 3 nitrogen and oxygen atoms in total. The summed E-state index contributed by atoms with van der Waals surface area (Å²) >= 11 is 0. The van der Waals surface area contributed by atoms with Crippen molar-refractivity contribution in [3.05, 3.63) is 29.3 Å². The van der Waals surface area contributed by atoms with Crippen molar-refractivity contribution in [3.63, 3.8) is 0 Å². The van der Waals surface area contributed by atoms with E-state index in [9.17, 15) is 5.26 Å². The lowest BCUT2D eigenvalue weighted by Gasteiger charge is -2.38. The fourth-order valence-electron chi connectivity index (χ4n) is 2.47. The van der Waals surface area contributed by atoms with Gasteiger partial charge in [-0.2, -0.15) is 5.26 Å². The zero-order chi connectivity index (χ0) is 13.4. The van der Waals surface area contributed by atoms with Crippen LogP contribution in [0.5, 0.6) is 5.75 Å². The molecule has 0 saturated heterocycles. The molecule has 0 radical (unpaired) electrons. The summed E-state index contributed by atoms with van der Waals surface area (Å²) in [6, 6.07) is 8.28. The molecule has 1 aromatic carbocycles. The maximum Gasteiger partial charge on any atom is 0.186 e. The molecule has 1 aliphatic heterocycles. The van der Waals surface area contributed by atoms with E-state index in [1.54, 1.807) is 0 Å². The number of aryl methyl sites for hydroxylation is 1. The number of fused-ring (bicyclic) bond motifs is 1. The predicted octanol–water partition coefficient (Wildman–Crippen LogP) is 3.35. The quantitative estimate of drug-likeness (QED) is 0.767. The Morgan fingerprint density at radius 3 is 2.72 bits per heavy atom. The highest BCUT2D eigenvalue weighted by Gasteiger charge is 2.43. The second-order valence-corrected chi connectivity index (χ2v) is 10.1. The summed E-state index contributed by atoms with van der Waals surface area (Å²) in [4.78, 5) is 0. The molecule has 2 rings (SSSR count). The number of hydrogen-bond acceptors (Lipinski definition) is 3. The Kier molecular flexibility index (Phi) is 3.22. The first-order chi connectivity index (χ1) is 8.38. The lowest BCUT2D eigenvalue weighted by atomic mass is 9.86. The van der Waals surface area contributed by atoms with Gasteiger partial charge in [-0.05, 0) is 38.2 Å². The van der Waals surface area contributed by atoms with E-state index in [4.69, 9.17) is 9.16 Å². The topological polar surface area (TPSA) is 42.2 Å². The van der Waals surface area contributed by atoms with E-state index in [0.29, 0.717) is 13.0 Å². The molecular weight excluding hydrogens is 242 g/mol. The number of hydrogen-bond donors (Lipinski definition) is 0. The van der Waals surface area contributed by atoms with Crippen molar-refractivity contribution in [3.8, 4) is 11.8 Å². The van der Waals surface area contributed by atoms with Crippen LogP contribution in [0.4, 0.5) is 0 Å². The molecule has 1 aliphatic rings. The Hall–Kier alpha value is -1.31. The van der Waals surface area contributed by atoms with Crippen molar-refractivity contribution in [2.75, 3.05) is 6.61 Å². The van der Waals surface area contributed by atoms with Crippen LogP contribution in [0.3, 0.4) is 0 Å². The largest absolute Gasteiger partial charge is 0.493 e. The molecule has 0 saturated carbocycles. The summed E-state index contributed by atoms with van der Waals surface area (Å²) in [6.07, 6.45) is 0.603. The van der Waals surface area contributed by atoms with Gasteiger partial charge in [0.05, 0.1) is 6.61 Å². The molecule has 0 N–H and O–H groups in total. The van der Waals surface area contributed by atoms with E-state index < -0.39 is 13.9 Å². The summed E-state index contributed by atoms with van der Waals surface area (Å²) in [6.45, 7) is 8.88. The zero-order valence-corrected chi connectivity index (χ0v) is 12.4. The van der Waals surface area contributed by atoms with E-state index in [0.717, 1.165) is 16.9 Å². The van der Waals surface area contributed by atoms with Crippen LogP contribution < -0.4 is 4.74 Å². The maximum absolute atomic E-state index is 9.67. The van der Waals surface area contributed by atoms with Crippen LogP contribution in [0, 0.1) is 18.3 Å². The van der Waals surface area contributed by atoms with Crippen molar-refractivity contribution < 1.29 is 9.16 Å². The fraction of sp³-hybridized carbons (Fsp3) is 0.500. The summed E-state index contributed by atoms with van der Waals surface area (Å²) in [7, 11) is -1.81. The molecule has 18 heavy (non-hydrogen) atoms. The van der Waals surface area contributed by atoms with Gasteiger partial charge in [0.2, 0.25) is 0 Å². The van der Waals surface area contributed by atoms with E-state index >= 15 is 0 Å². The first-order valence-electron chi connectivity index (χ1n) is 6.22. The Morgan fingerprint density at radius 2 is 2.11 bits per heavy atom. The third-order valence-corrected chi connectivity index (χ3v) is 3.97. The van der Waals surface area contributed by atoms with Gasteiger partial charge >= 0.3 is 0 Å². The average molecular weight is 261 g/mol. The molecule has 0 spiro atoms. The monoisotopic (exact) mass is 261 g/mol. The molecule has 1 atom stereocenters. The van der Waals surface area contributed by atoms with E-state index in [2.05, 4.69) is 25.7 Å². The van der Waals surface area contributed by atoms with Crippen molar-refractivity contribution in [2.45, 2.75) is 38.6 Å². The van der Waals surface area contributed by atoms with Crippen molar-refractivity contribution in [1.82, 2.24) is 0 Å². The molecule has 0 aliphatic carbocycles. The Labute approximate surface area is 109 Å². The van der Waals surface area contributed by atoms with Crippen LogP contribution in [-0.2, 0) is 10.0 Å². The van der Waals surface area contributed by atoms with Gasteiger partial charge in [0, 0.05) is 12.0 Å². The first-order valence-corrected chi connectivity index (χ1v) is 9.63. The normalized spacial score (nSPS) is 22.8. The molecule has 1 aromatic rings.